The molecule has 200 valence electrons. The highest BCUT2D eigenvalue weighted by Gasteiger charge is 2.36. The molecule has 0 aromatic heterocycles. The Hall–Kier alpha value is -3.57. The molecule has 5 nitrogen and oxygen atoms in total. The summed E-state index contributed by atoms with van der Waals surface area (Å²) in [5, 5.41) is 3.94. The van der Waals surface area contributed by atoms with E-state index in [1.54, 1.807) is 5.32 Å². The van der Waals surface area contributed by atoms with Crippen LogP contribution in [0.3, 0.4) is 0 Å². The van der Waals surface area contributed by atoms with Gasteiger partial charge < -0.3 is 10.6 Å². The minimum absolute atomic E-state index is 0.0533. The molecule has 0 saturated heterocycles. The highest BCUT2D eigenvalue weighted by Crippen LogP contribution is 2.37. The van der Waals surface area contributed by atoms with Crippen LogP contribution in [0.2, 0.25) is 10.0 Å². The number of rotatable bonds is 7. The number of benzene rings is 3. The Balaban J connectivity index is 1.94. The van der Waals surface area contributed by atoms with Crippen molar-refractivity contribution in [3.63, 3.8) is 0 Å². The minimum Gasteiger partial charge on any atom is -0.345 e. The Morgan fingerprint density at radius 3 is 1.89 bits per heavy atom. The maximum Gasteiger partial charge on any atom is 0.417 e. The molecule has 13 heteroatoms. The monoisotopic (exact) mass is 576 g/mol. The number of hydrogen-bond acceptors (Lipinski definition) is 3. The van der Waals surface area contributed by atoms with Crippen molar-refractivity contribution in [2.45, 2.75) is 12.4 Å². The van der Waals surface area contributed by atoms with E-state index in [0.29, 0.717) is 6.08 Å². The predicted molar refractivity (Wildman–Crippen MR) is 130 cm³/mol. The van der Waals surface area contributed by atoms with Crippen LogP contribution in [0.4, 0.5) is 26.3 Å². The topological polar surface area (TPSA) is 75.3 Å². The van der Waals surface area contributed by atoms with Gasteiger partial charge >= 0.3 is 12.4 Å². The maximum absolute atomic E-state index is 13.8. The molecule has 0 spiro atoms. The molecule has 2 N–H and O–H groups in total. The van der Waals surface area contributed by atoms with Gasteiger partial charge in [0.05, 0.1) is 12.1 Å². The third-order valence-corrected chi connectivity index (χ3v) is 5.52. The van der Waals surface area contributed by atoms with Crippen molar-refractivity contribution >= 4 is 57.1 Å². The van der Waals surface area contributed by atoms with Gasteiger partial charge in [0, 0.05) is 21.2 Å². The lowest BCUT2D eigenvalue weighted by Crippen LogP contribution is -2.40. The van der Waals surface area contributed by atoms with E-state index in [9.17, 15) is 40.7 Å². The van der Waals surface area contributed by atoms with Crippen molar-refractivity contribution in [2.75, 3.05) is 13.1 Å². The van der Waals surface area contributed by atoms with E-state index in [2.05, 4.69) is 5.32 Å². The summed E-state index contributed by atoms with van der Waals surface area (Å²) in [5.74, 6) is -2.96. The zero-order valence-corrected chi connectivity index (χ0v) is 20.4. The average Bonchev–Trinajstić information content (AvgIpc) is 2.81. The molecule has 0 atom stereocenters. The molecule has 0 radical (unpaired) electrons. The lowest BCUT2D eigenvalue weighted by atomic mass is 9.95. The summed E-state index contributed by atoms with van der Waals surface area (Å²) in [6.45, 7) is -2.33. The molecule has 0 heterocycles. The highest BCUT2D eigenvalue weighted by atomic mass is 35.5. The predicted octanol–water partition coefficient (Wildman–Crippen LogP) is 6.38. The molecule has 38 heavy (non-hydrogen) atoms. The van der Waals surface area contributed by atoms with Crippen LogP contribution in [0.15, 0.2) is 60.7 Å². The lowest BCUT2D eigenvalue weighted by Gasteiger charge is -2.14. The standard InChI is InChI=1S/C25H16Cl2F6N2O3/c26-14-7-13(8-15(27)9-14)20(25(31,32)33)10-21(36)18-5-6-19(17-4-2-1-3-16(17)18)23(38)34-11-22(37)35-12-24(28,29)30/h1-10H,11-12H2,(H,34,38)(H,35,37). The number of halogens is 8. The van der Waals surface area contributed by atoms with Crippen LogP contribution in [0, 0.1) is 0 Å². The molecule has 0 aliphatic carbocycles. The van der Waals surface area contributed by atoms with Crippen LogP contribution < -0.4 is 10.6 Å². The number of ketones is 1. The van der Waals surface area contributed by atoms with Crippen molar-refractivity contribution in [1.82, 2.24) is 10.6 Å². The van der Waals surface area contributed by atoms with Crippen molar-refractivity contribution < 1.29 is 40.7 Å². The van der Waals surface area contributed by atoms with Gasteiger partial charge in [0.25, 0.3) is 5.91 Å². The fourth-order valence-corrected chi connectivity index (χ4v) is 4.00. The van der Waals surface area contributed by atoms with Gasteiger partial charge in [-0.15, -0.1) is 0 Å². The van der Waals surface area contributed by atoms with Gasteiger partial charge in [-0.3, -0.25) is 14.4 Å². The number of allylic oxidation sites excluding steroid dienone is 2. The van der Waals surface area contributed by atoms with Crippen molar-refractivity contribution in [3.8, 4) is 0 Å². The summed E-state index contributed by atoms with van der Waals surface area (Å²) < 4.78 is 78.2. The molecule has 0 saturated carbocycles. The van der Waals surface area contributed by atoms with Gasteiger partial charge in [-0.25, -0.2) is 0 Å². The Morgan fingerprint density at radius 2 is 1.34 bits per heavy atom. The fourth-order valence-electron chi connectivity index (χ4n) is 3.48. The third-order valence-electron chi connectivity index (χ3n) is 5.08. The molecule has 3 aromatic carbocycles. The van der Waals surface area contributed by atoms with Gasteiger partial charge in [-0.1, -0.05) is 47.5 Å². The summed E-state index contributed by atoms with van der Waals surface area (Å²) in [7, 11) is 0. The van der Waals surface area contributed by atoms with E-state index in [0.717, 1.165) is 24.3 Å². The zero-order chi connectivity index (χ0) is 28.3. The Bertz CT molecular complexity index is 1410. The quantitative estimate of drug-likeness (QED) is 0.194. The maximum atomic E-state index is 13.8. The Morgan fingerprint density at radius 1 is 0.789 bits per heavy atom. The summed E-state index contributed by atoms with van der Waals surface area (Å²) in [6.07, 6.45) is -9.17. The molecule has 0 aliphatic heterocycles. The number of fused-ring (bicyclic) bond motifs is 1. The summed E-state index contributed by atoms with van der Waals surface area (Å²) in [5.41, 5.74) is -1.92. The normalized spacial score (nSPS) is 12.4. The van der Waals surface area contributed by atoms with E-state index in [-0.39, 0.29) is 31.9 Å². The van der Waals surface area contributed by atoms with Crippen LogP contribution >= 0.6 is 23.2 Å². The number of hydrogen-bond donors (Lipinski definition) is 2. The SMILES string of the molecule is O=C(CNC(=O)c1ccc(C(=O)C=C(c2cc(Cl)cc(Cl)c2)C(F)(F)F)c2ccccc12)NCC(F)(F)F. The summed E-state index contributed by atoms with van der Waals surface area (Å²) in [6, 6.07) is 11.4. The van der Waals surface area contributed by atoms with Crippen LogP contribution in [0.1, 0.15) is 26.3 Å². The number of carbonyl (C=O) groups excluding carboxylic acids is 3. The molecule has 0 unspecified atom stereocenters. The highest BCUT2D eigenvalue weighted by molar-refractivity contribution is 6.35. The molecule has 3 aromatic rings. The van der Waals surface area contributed by atoms with E-state index in [1.807, 2.05) is 0 Å². The fraction of sp³-hybridized carbons (Fsp3) is 0.160. The average molecular weight is 577 g/mol. The van der Waals surface area contributed by atoms with Gasteiger partial charge in [-0.05, 0) is 52.7 Å². The minimum atomic E-state index is -4.94. The first-order chi connectivity index (χ1) is 17.7. The zero-order valence-electron chi connectivity index (χ0n) is 18.9. The van der Waals surface area contributed by atoms with Gasteiger partial charge in [0.1, 0.15) is 6.54 Å². The molecular weight excluding hydrogens is 561 g/mol. The van der Waals surface area contributed by atoms with E-state index < -0.39 is 54.2 Å². The third kappa shape index (κ3) is 7.48. The van der Waals surface area contributed by atoms with Crippen LogP contribution in [-0.4, -0.2) is 43.0 Å². The van der Waals surface area contributed by atoms with Gasteiger partial charge in [0.2, 0.25) is 5.91 Å². The summed E-state index contributed by atoms with van der Waals surface area (Å²) in [4.78, 5) is 37.2. The van der Waals surface area contributed by atoms with Crippen molar-refractivity contribution in [2.24, 2.45) is 0 Å². The molecule has 0 fully saturated rings. The molecule has 0 aliphatic rings. The molecule has 3 rings (SSSR count). The first kappa shape index (κ1) is 29.0. The Labute approximate surface area is 221 Å². The molecule has 2 amide bonds. The Kier molecular flexibility index (Phi) is 8.73. The second-order valence-corrected chi connectivity index (χ2v) is 8.73. The number of carbonyl (C=O) groups is 3. The van der Waals surface area contributed by atoms with E-state index in [4.69, 9.17) is 23.2 Å². The number of nitrogens with one attached hydrogen (secondary N) is 2. The van der Waals surface area contributed by atoms with Crippen LogP contribution in [-0.2, 0) is 4.79 Å². The van der Waals surface area contributed by atoms with Crippen LogP contribution in [0.25, 0.3) is 16.3 Å². The molecule has 0 bridgehead atoms. The molecular formula is C25H16Cl2F6N2O3. The van der Waals surface area contributed by atoms with Gasteiger partial charge in [0.15, 0.2) is 5.78 Å². The lowest BCUT2D eigenvalue weighted by molar-refractivity contribution is -0.137. The second kappa shape index (κ2) is 11.4. The van der Waals surface area contributed by atoms with Crippen molar-refractivity contribution in [1.29, 1.82) is 0 Å². The van der Waals surface area contributed by atoms with Crippen molar-refractivity contribution in [3.05, 3.63) is 87.4 Å². The largest absolute Gasteiger partial charge is 0.417 e. The number of alkyl halides is 6. The smallest absolute Gasteiger partial charge is 0.345 e. The first-order valence-corrected chi connectivity index (χ1v) is 11.3. The van der Waals surface area contributed by atoms with Crippen LogP contribution in [0.5, 0.6) is 0 Å². The second-order valence-electron chi connectivity index (χ2n) is 7.86. The van der Waals surface area contributed by atoms with E-state index >= 15 is 0 Å². The summed E-state index contributed by atoms with van der Waals surface area (Å²) >= 11 is 11.7. The van der Waals surface area contributed by atoms with E-state index in [1.165, 1.54) is 30.3 Å². The first-order valence-electron chi connectivity index (χ1n) is 10.6. The van der Waals surface area contributed by atoms with Gasteiger partial charge in [-0.2, -0.15) is 26.3 Å². The number of amides is 2.